The minimum absolute atomic E-state index is 0.367. The molecule has 0 unspecified atom stereocenters. The van der Waals surface area contributed by atoms with Crippen LogP contribution < -0.4 is 0 Å². The normalized spacial score (nSPS) is 11.4. The smallest absolute Gasteiger partial charge is 0.334 e. The first-order chi connectivity index (χ1) is 7.60. The van der Waals surface area contributed by atoms with Gasteiger partial charge in [0.2, 0.25) is 0 Å². The summed E-state index contributed by atoms with van der Waals surface area (Å²) in [5.74, 6) is 0.131. The number of rotatable bonds is 6. The number of carbonyl (C=O) groups excluding carboxylic acids is 1. The second-order valence-electron chi connectivity index (χ2n) is 3.33. The van der Waals surface area contributed by atoms with Gasteiger partial charge in [0.25, 0.3) is 0 Å². The third kappa shape index (κ3) is 7.85. The molecule has 0 aromatic rings. The van der Waals surface area contributed by atoms with Crippen LogP contribution in [0.25, 0.3) is 0 Å². The summed E-state index contributed by atoms with van der Waals surface area (Å²) in [6.45, 7) is 8.52. The topological polar surface area (TPSA) is 35.5 Å². The standard InChI is InChI=1S/C13H20O3/c1-5-15-12(9-7-8-11(3)4)10-13(14)16-6-2/h7-10H,5-6H2,1-4H3/b9-7-,12-10+. The first kappa shape index (κ1) is 14.5. The molecule has 0 aliphatic rings. The predicted octanol–water partition coefficient (Wildman–Crippen LogP) is 2.99. The molecule has 90 valence electrons. The van der Waals surface area contributed by atoms with Crippen molar-refractivity contribution in [2.75, 3.05) is 13.2 Å². The van der Waals surface area contributed by atoms with E-state index in [1.165, 1.54) is 11.6 Å². The van der Waals surface area contributed by atoms with E-state index in [4.69, 9.17) is 9.47 Å². The minimum Gasteiger partial charge on any atom is -0.494 e. The van der Waals surface area contributed by atoms with Gasteiger partial charge in [-0.25, -0.2) is 4.79 Å². The van der Waals surface area contributed by atoms with Crippen molar-refractivity contribution in [3.8, 4) is 0 Å². The van der Waals surface area contributed by atoms with Gasteiger partial charge in [0.15, 0.2) is 0 Å². The zero-order valence-corrected chi connectivity index (χ0v) is 10.4. The van der Waals surface area contributed by atoms with Gasteiger partial charge in [-0.2, -0.15) is 0 Å². The maximum atomic E-state index is 11.2. The van der Waals surface area contributed by atoms with Gasteiger partial charge in [-0.1, -0.05) is 17.7 Å². The predicted molar refractivity (Wildman–Crippen MR) is 64.9 cm³/mol. The zero-order chi connectivity index (χ0) is 12.4. The van der Waals surface area contributed by atoms with Crippen LogP contribution in [0, 0.1) is 0 Å². The molecule has 0 aliphatic carbocycles. The number of allylic oxidation sites excluding steroid dienone is 4. The van der Waals surface area contributed by atoms with E-state index in [0.717, 1.165) is 0 Å². The molecule has 0 bridgehead atoms. The second-order valence-corrected chi connectivity index (χ2v) is 3.33. The third-order valence-electron chi connectivity index (χ3n) is 1.55. The van der Waals surface area contributed by atoms with Crippen LogP contribution in [0.4, 0.5) is 0 Å². The Labute approximate surface area is 97.4 Å². The van der Waals surface area contributed by atoms with Gasteiger partial charge < -0.3 is 9.47 Å². The van der Waals surface area contributed by atoms with E-state index in [0.29, 0.717) is 19.0 Å². The highest BCUT2D eigenvalue weighted by molar-refractivity contribution is 5.82. The van der Waals surface area contributed by atoms with Crippen molar-refractivity contribution >= 4 is 5.97 Å². The number of carbonyl (C=O) groups is 1. The summed E-state index contributed by atoms with van der Waals surface area (Å²) in [6.07, 6.45) is 6.88. The highest BCUT2D eigenvalue weighted by Crippen LogP contribution is 2.02. The van der Waals surface area contributed by atoms with Crippen LogP contribution in [0.15, 0.2) is 35.6 Å². The molecule has 0 radical (unpaired) electrons. The fraction of sp³-hybridized carbons (Fsp3) is 0.462. The van der Waals surface area contributed by atoms with E-state index >= 15 is 0 Å². The molecule has 0 spiro atoms. The van der Waals surface area contributed by atoms with Gasteiger partial charge >= 0.3 is 5.97 Å². The molecule has 3 heteroatoms. The molecule has 0 heterocycles. The van der Waals surface area contributed by atoms with Crippen molar-refractivity contribution in [3.05, 3.63) is 35.6 Å². The maximum Gasteiger partial charge on any atom is 0.334 e. The summed E-state index contributed by atoms with van der Waals surface area (Å²) < 4.78 is 10.1. The molecule has 0 rings (SSSR count). The summed E-state index contributed by atoms with van der Waals surface area (Å²) in [5, 5.41) is 0. The molecular weight excluding hydrogens is 204 g/mol. The number of hydrogen-bond donors (Lipinski definition) is 0. The summed E-state index contributed by atoms with van der Waals surface area (Å²) >= 11 is 0. The Morgan fingerprint density at radius 3 is 2.25 bits per heavy atom. The Morgan fingerprint density at radius 1 is 1.12 bits per heavy atom. The van der Waals surface area contributed by atoms with Crippen LogP contribution in [0.3, 0.4) is 0 Å². The molecule has 0 aliphatic heterocycles. The van der Waals surface area contributed by atoms with Crippen molar-refractivity contribution in [1.29, 1.82) is 0 Å². The molecule has 0 fully saturated rings. The van der Waals surface area contributed by atoms with Gasteiger partial charge in [-0.05, 0) is 33.8 Å². The van der Waals surface area contributed by atoms with Gasteiger partial charge in [-0.15, -0.1) is 0 Å². The lowest BCUT2D eigenvalue weighted by atomic mass is 10.3. The lowest BCUT2D eigenvalue weighted by Gasteiger charge is -2.03. The highest BCUT2D eigenvalue weighted by atomic mass is 16.5. The van der Waals surface area contributed by atoms with Crippen LogP contribution in [-0.4, -0.2) is 19.2 Å². The SMILES string of the molecule is CCOC(=O)/C=C(\C=C/C=C(C)C)OCC. The summed E-state index contributed by atoms with van der Waals surface area (Å²) in [7, 11) is 0. The van der Waals surface area contributed by atoms with E-state index in [1.54, 1.807) is 13.0 Å². The first-order valence-electron chi connectivity index (χ1n) is 5.43. The molecule has 0 saturated heterocycles. The number of ether oxygens (including phenoxy) is 2. The van der Waals surface area contributed by atoms with Crippen molar-refractivity contribution in [2.45, 2.75) is 27.7 Å². The van der Waals surface area contributed by atoms with E-state index in [9.17, 15) is 4.79 Å². The van der Waals surface area contributed by atoms with Crippen molar-refractivity contribution in [3.63, 3.8) is 0 Å². The average Bonchev–Trinajstić information content (AvgIpc) is 2.17. The number of hydrogen-bond acceptors (Lipinski definition) is 3. The van der Waals surface area contributed by atoms with Crippen LogP contribution in [0.2, 0.25) is 0 Å². The Kier molecular flexibility index (Phi) is 7.94. The summed E-state index contributed by atoms with van der Waals surface area (Å²) in [5.41, 5.74) is 1.18. The quantitative estimate of drug-likeness (QED) is 0.301. The van der Waals surface area contributed by atoms with Gasteiger partial charge in [0.05, 0.1) is 19.3 Å². The second kappa shape index (κ2) is 8.77. The van der Waals surface area contributed by atoms with Gasteiger partial charge in [-0.3, -0.25) is 0 Å². The van der Waals surface area contributed by atoms with E-state index < -0.39 is 0 Å². The fourth-order valence-electron chi connectivity index (χ4n) is 0.940. The average molecular weight is 224 g/mol. The monoisotopic (exact) mass is 224 g/mol. The maximum absolute atomic E-state index is 11.2. The lowest BCUT2D eigenvalue weighted by Crippen LogP contribution is -2.02. The van der Waals surface area contributed by atoms with Crippen LogP contribution in [-0.2, 0) is 14.3 Å². The molecule has 0 N–H and O–H groups in total. The molecule has 0 aromatic carbocycles. The van der Waals surface area contributed by atoms with Crippen LogP contribution in [0.1, 0.15) is 27.7 Å². The molecule has 0 saturated carbocycles. The van der Waals surface area contributed by atoms with E-state index in [-0.39, 0.29) is 5.97 Å². The minimum atomic E-state index is -0.382. The molecule has 3 nitrogen and oxygen atoms in total. The van der Waals surface area contributed by atoms with Crippen molar-refractivity contribution < 1.29 is 14.3 Å². The lowest BCUT2D eigenvalue weighted by molar-refractivity contribution is -0.137. The Balaban J connectivity index is 4.53. The van der Waals surface area contributed by atoms with Crippen LogP contribution >= 0.6 is 0 Å². The molecule has 0 amide bonds. The van der Waals surface area contributed by atoms with Gasteiger partial charge in [0, 0.05) is 0 Å². The fourth-order valence-corrected chi connectivity index (χ4v) is 0.940. The Morgan fingerprint density at radius 2 is 1.75 bits per heavy atom. The molecule has 0 atom stereocenters. The molecule has 16 heavy (non-hydrogen) atoms. The van der Waals surface area contributed by atoms with Crippen LogP contribution in [0.5, 0.6) is 0 Å². The summed E-state index contributed by atoms with van der Waals surface area (Å²) in [6, 6.07) is 0. The first-order valence-corrected chi connectivity index (χ1v) is 5.43. The molecule has 0 aromatic heterocycles. The Hall–Kier alpha value is -1.51. The van der Waals surface area contributed by atoms with Crippen molar-refractivity contribution in [1.82, 2.24) is 0 Å². The number of esters is 1. The Bertz CT molecular complexity index is 294. The van der Waals surface area contributed by atoms with Crippen molar-refractivity contribution in [2.24, 2.45) is 0 Å². The van der Waals surface area contributed by atoms with E-state index in [2.05, 4.69) is 0 Å². The summed E-state index contributed by atoms with van der Waals surface area (Å²) in [4.78, 5) is 11.2. The third-order valence-corrected chi connectivity index (χ3v) is 1.55. The highest BCUT2D eigenvalue weighted by Gasteiger charge is 1.99. The molecular formula is C13H20O3. The van der Waals surface area contributed by atoms with E-state index in [1.807, 2.05) is 32.9 Å². The largest absolute Gasteiger partial charge is 0.494 e. The van der Waals surface area contributed by atoms with Gasteiger partial charge in [0.1, 0.15) is 5.76 Å². The zero-order valence-electron chi connectivity index (χ0n) is 10.4.